The van der Waals surface area contributed by atoms with Crippen molar-refractivity contribution in [1.82, 2.24) is 0 Å². The fourth-order valence-electron chi connectivity index (χ4n) is 9.94. The number of phenols is 17. The molecular weight excluding hydrogens is 1370 g/mol. The van der Waals surface area contributed by atoms with E-state index < -0.39 is 288 Å². The smallest absolute Gasteiger partial charge is 0.346 e. The van der Waals surface area contributed by atoms with Gasteiger partial charge in [0.1, 0.15) is 46.9 Å². The van der Waals surface area contributed by atoms with Crippen LogP contribution < -0.4 is 14.2 Å². The van der Waals surface area contributed by atoms with Gasteiger partial charge in [0.15, 0.2) is 104 Å². The van der Waals surface area contributed by atoms with Crippen molar-refractivity contribution in [1.29, 1.82) is 0 Å². The lowest BCUT2D eigenvalue weighted by molar-refractivity contribution is -0.283. The summed E-state index contributed by atoms with van der Waals surface area (Å²) in [7, 11) is 0. The minimum Gasteiger partial charge on any atom is -0.504 e. The Hall–Kier alpha value is -13.4. The molecule has 7 aromatic carbocycles. The third-order valence-corrected chi connectivity index (χ3v) is 15.0. The molecule has 0 spiro atoms. The van der Waals surface area contributed by atoms with E-state index in [9.17, 15) is 146 Å². The molecule has 3 aliphatic heterocycles. The van der Waals surface area contributed by atoms with Crippen molar-refractivity contribution in [3.05, 3.63) is 112 Å². The van der Waals surface area contributed by atoms with Gasteiger partial charge in [-0.3, -0.25) is 0 Å². The van der Waals surface area contributed by atoms with Crippen molar-refractivity contribution in [2.45, 2.75) is 61.4 Å². The van der Waals surface area contributed by atoms with Crippen molar-refractivity contribution in [2.75, 3.05) is 13.2 Å². The summed E-state index contributed by atoms with van der Waals surface area (Å²) in [6, 6.07) is 6.01. The quantitative estimate of drug-likeness (QED) is 0.0392. The van der Waals surface area contributed by atoms with E-state index >= 15 is 0 Å². The maximum absolute atomic E-state index is 14.9. The number of aromatic carboxylic acids is 1. The molecule has 40 heteroatoms. The van der Waals surface area contributed by atoms with E-state index in [0.717, 1.165) is 0 Å². The lowest BCUT2D eigenvalue weighted by Crippen LogP contribution is -2.62. The normalized spacial score (nSPS) is 20.9. The van der Waals surface area contributed by atoms with Crippen LogP contribution in [0, 0.1) is 0 Å². The monoisotopic (exact) mass is 1420 g/mol. The largest absolute Gasteiger partial charge is 0.504 e. The van der Waals surface area contributed by atoms with Crippen LogP contribution in [0.3, 0.4) is 0 Å². The Bertz CT molecular complexity index is 4540. The van der Waals surface area contributed by atoms with Crippen LogP contribution in [-0.4, -0.2) is 229 Å². The van der Waals surface area contributed by atoms with Crippen molar-refractivity contribution in [2.24, 2.45) is 0 Å². The maximum Gasteiger partial charge on any atom is 0.346 e. The number of aliphatic hydroxyl groups is 4. The van der Waals surface area contributed by atoms with Gasteiger partial charge in [-0.25, -0.2) is 33.6 Å². The van der Waals surface area contributed by atoms with Crippen LogP contribution in [0.15, 0.2) is 72.8 Å². The third kappa shape index (κ3) is 13.3. The Morgan fingerprint density at radius 2 is 0.931 bits per heavy atom. The average Bonchev–Trinajstić information content (AvgIpc) is 0.738. The van der Waals surface area contributed by atoms with Crippen LogP contribution in [0.25, 0.3) is 0 Å². The second-order valence-electron chi connectivity index (χ2n) is 21.5. The van der Waals surface area contributed by atoms with E-state index in [1.165, 1.54) is 0 Å². The molecule has 0 aliphatic carbocycles. The van der Waals surface area contributed by atoms with Gasteiger partial charge in [0.05, 0.1) is 35.5 Å². The fourth-order valence-corrected chi connectivity index (χ4v) is 9.94. The van der Waals surface area contributed by atoms with Gasteiger partial charge in [-0.1, -0.05) is 0 Å². The molecule has 2 saturated heterocycles. The van der Waals surface area contributed by atoms with Crippen LogP contribution in [0.5, 0.6) is 132 Å². The molecule has 10 rings (SSSR count). The van der Waals surface area contributed by atoms with E-state index in [0.29, 0.717) is 72.8 Å². The number of carboxylic acids is 1. The van der Waals surface area contributed by atoms with Gasteiger partial charge < -0.3 is 164 Å². The third-order valence-electron chi connectivity index (χ3n) is 15.0. The van der Waals surface area contributed by atoms with Crippen molar-refractivity contribution < 1.29 is 198 Å². The van der Waals surface area contributed by atoms with E-state index in [1.54, 1.807) is 0 Å². The Kier molecular flexibility index (Phi) is 19.0. The minimum absolute atomic E-state index is 0.364. The topological polar surface area (TPSA) is 666 Å². The van der Waals surface area contributed by atoms with Gasteiger partial charge in [0.25, 0.3) is 0 Å². The number of carbonyl (C=O) groups excluding carboxylic acids is 6. The number of hydrogen-bond donors (Lipinski definition) is 22. The zero-order chi connectivity index (χ0) is 73.8. The SMILES string of the molecule is O=C1OC2OC(CO)C(O)C(OC(=O)c3cc(O)c(O)c(O)c3)C2OC(=O)c2cc(Oc3ccc(O)c(O)c3C(=O)OC3C(OC(=O)c4cc(O)c(O)c(Oc5c(C(=O)O)cc(O)c(O)c5O)c4)OC(CO)C(O)C3OC(=O)c3cc(O)c(O)c(O)c3)c(O)c(O)c2Oc2cc1cc(O)c2O. The van der Waals surface area contributed by atoms with Gasteiger partial charge >= 0.3 is 41.8 Å². The number of ether oxygens (including phenoxy) is 11. The van der Waals surface area contributed by atoms with Crippen LogP contribution in [-0.2, 0) is 37.9 Å². The first-order chi connectivity index (χ1) is 47.6. The second kappa shape index (κ2) is 27.2. The molecule has 0 amide bonds. The van der Waals surface area contributed by atoms with Gasteiger partial charge in [0.2, 0.25) is 59.3 Å². The molecule has 10 atom stereocenters. The summed E-state index contributed by atoms with van der Waals surface area (Å²) in [5, 5.41) is 234. The predicted molar refractivity (Wildman–Crippen MR) is 312 cm³/mol. The molecule has 22 N–H and O–H groups in total. The summed E-state index contributed by atoms with van der Waals surface area (Å²) < 4.78 is 60.6. The molecule has 3 aliphatic rings. The highest BCUT2D eigenvalue weighted by Crippen LogP contribution is 2.53. The highest BCUT2D eigenvalue weighted by atomic mass is 16.8. The molecule has 7 aromatic rings. The van der Waals surface area contributed by atoms with Crippen LogP contribution >= 0.6 is 0 Å². The molecule has 0 aromatic heterocycles. The second-order valence-corrected chi connectivity index (χ2v) is 21.5. The Balaban J connectivity index is 1.05. The van der Waals surface area contributed by atoms with E-state index in [1.807, 2.05) is 0 Å². The number of carboxylic acid groups (broad SMARTS) is 1. The molecule has 10 unspecified atom stereocenters. The molecule has 0 saturated carbocycles. The number of benzene rings is 7. The van der Waals surface area contributed by atoms with E-state index in [-0.39, 0.29) is 0 Å². The first-order valence-corrected chi connectivity index (χ1v) is 28.1. The summed E-state index contributed by atoms with van der Waals surface area (Å²) in [6.07, 6.45) is -24.3. The number of rotatable bonds is 15. The molecule has 2 bridgehead atoms. The van der Waals surface area contributed by atoms with Crippen LogP contribution in [0.2, 0.25) is 0 Å². The fraction of sp³-hybridized carbons (Fsp3) is 0.197. The van der Waals surface area contributed by atoms with Crippen molar-refractivity contribution in [3.8, 4) is 132 Å². The molecular formula is C61H48O40. The summed E-state index contributed by atoms with van der Waals surface area (Å²) in [5.74, 6) is -42.0. The Morgan fingerprint density at radius 3 is 1.51 bits per heavy atom. The van der Waals surface area contributed by atoms with E-state index in [4.69, 9.17) is 52.1 Å². The van der Waals surface area contributed by atoms with E-state index in [2.05, 4.69) is 0 Å². The van der Waals surface area contributed by atoms with Gasteiger partial charge in [-0.05, 0) is 60.7 Å². The van der Waals surface area contributed by atoms with Crippen LogP contribution in [0.4, 0.5) is 0 Å². The number of aliphatic hydroxyl groups excluding tert-OH is 4. The summed E-state index contributed by atoms with van der Waals surface area (Å²) >= 11 is 0. The lowest BCUT2D eigenvalue weighted by atomic mass is 9.98. The Labute approximate surface area is 557 Å². The number of phenolic OH excluding ortho intramolecular Hbond substituents is 17. The number of fused-ring (bicyclic) bond motifs is 4. The molecule has 101 heavy (non-hydrogen) atoms. The van der Waals surface area contributed by atoms with Gasteiger partial charge in [-0.15, -0.1) is 0 Å². The summed E-state index contributed by atoms with van der Waals surface area (Å²) in [6.45, 7) is -2.53. The van der Waals surface area contributed by atoms with Crippen molar-refractivity contribution in [3.63, 3.8) is 0 Å². The molecule has 2 fully saturated rings. The average molecular weight is 1420 g/mol. The standard InChI is InChI=1S/C61H48O40/c62-13-33-43(79)49(96-54(85)15-3-22(65)36(72)23(66)4-15)51-60(94-33)100-56(87)18-8-27(70)39(75)31(10-18)93-48-20(58(89)98-51)12-32(42(78)46(48)82)91-29-2-1-21(64)40(76)35(29)59(90)99-52-50(97-55(86)16-5-24(67)37(73)25(68)6-16)44(80)34(14-63)95-61(52)101-57(88)17-7-26(69)38(74)30(9-17)92-47-19(53(83)84)11-28(71)41(77)45(47)81/h1-12,33-34,43-44,49-52,60-82H,13-14H2,(H,83,84). The Morgan fingerprint density at radius 1 is 0.426 bits per heavy atom. The summed E-state index contributed by atoms with van der Waals surface area (Å²) in [4.78, 5) is 97.3. The van der Waals surface area contributed by atoms with Gasteiger partial charge in [0, 0.05) is 12.1 Å². The highest BCUT2D eigenvalue weighted by Gasteiger charge is 2.54. The molecule has 0 radical (unpaired) electrons. The zero-order valence-corrected chi connectivity index (χ0v) is 49.8. The zero-order valence-electron chi connectivity index (χ0n) is 49.8. The number of aromatic hydroxyl groups is 17. The van der Waals surface area contributed by atoms with Crippen LogP contribution in [0.1, 0.15) is 72.5 Å². The number of esters is 6. The first kappa shape index (κ1) is 70.4. The predicted octanol–water partition coefficient (Wildman–Crippen LogP) is 1.44. The lowest BCUT2D eigenvalue weighted by Gasteiger charge is -2.42. The first-order valence-electron chi connectivity index (χ1n) is 28.1. The molecule has 3 heterocycles. The van der Waals surface area contributed by atoms with Crippen molar-refractivity contribution >= 4 is 41.8 Å². The minimum atomic E-state index is -2.77. The highest BCUT2D eigenvalue weighted by molar-refractivity contribution is 5.99. The number of hydrogen-bond acceptors (Lipinski definition) is 39. The summed E-state index contributed by atoms with van der Waals surface area (Å²) in [5.41, 5.74) is -7.27. The maximum atomic E-state index is 14.9. The molecule has 40 nitrogen and oxygen atoms in total. The molecule has 532 valence electrons. The van der Waals surface area contributed by atoms with Gasteiger partial charge in [-0.2, -0.15) is 0 Å². The number of carbonyl (C=O) groups is 7.